The number of aryl methyl sites for hydroxylation is 1. The molecule has 1 aromatic carbocycles. The number of fused-ring (bicyclic) bond motifs is 1. The molecule has 0 unspecified atom stereocenters. The molecule has 1 N–H and O–H groups in total. The van der Waals surface area contributed by atoms with Crippen LogP contribution < -0.4 is 5.32 Å². The molecule has 17 heavy (non-hydrogen) atoms. The van der Waals surface area contributed by atoms with E-state index < -0.39 is 0 Å². The van der Waals surface area contributed by atoms with Crippen LogP contribution in [-0.4, -0.2) is 6.54 Å². The van der Waals surface area contributed by atoms with Crippen molar-refractivity contribution < 1.29 is 4.42 Å². The van der Waals surface area contributed by atoms with Crippen molar-refractivity contribution in [2.75, 3.05) is 6.54 Å². The molecule has 0 aliphatic carbocycles. The van der Waals surface area contributed by atoms with Crippen LogP contribution in [0.3, 0.4) is 0 Å². The second-order valence-electron chi connectivity index (χ2n) is 4.85. The van der Waals surface area contributed by atoms with Gasteiger partial charge in [-0.1, -0.05) is 35.8 Å². The zero-order valence-electron chi connectivity index (χ0n) is 10.5. The summed E-state index contributed by atoms with van der Waals surface area (Å²) in [6.07, 6.45) is 1.86. The van der Waals surface area contributed by atoms with Crippen molar-refractivity contribution in [1.82, 2.24) is 5.32 Å². The van der Waals surface area contributed by atoms with E-state index in [9.17, 15) is 0 Å². The third kappa shape index (κ3) is 2.72. The Balaban J connectivity index is 2.26. The van der Waals surface area contributed by atoms with E-state index >= 15 is 0 Å². The fourth-order valence-electron chi connectivity index (χ4n) is 1.93. The highest BCUT2D eigenvalue weighted by Gasteiger charge is 2.11. The molecular formula is C14H18BrNO. The SMILES string of the molecule is Cc1ccc(Br)c2c(CNCC(C)C)coc12. The molecule has 0 saturated carbocycles. The molecule has 0 bridgehead atoms. The van der Waals surface area contributed by atoms with Crippen LogP contribution in [0.4, 0.5) is 0 Å². The van der Waals surface area contributed by atoms with E-state index in [-0.39, 0.29) is 0 Å². The summed E-state index contributed by atoms with van der Waals surface area (Å²) in [6.45, 7) is 8.37. The zero-order valence-corrected chi connectivity index (χ0v) is 12.1. The van der Waals surface area contributed by atoms with Crippen LogP contribution in [0, 0.1) is 12.8 Å². The molecule has 0 atom stereocenters. The summed E-state index contributed by atoms with van der Waals surface area (Å²) in [5.74, 6) is 0.665. The Morgan fingerprint density at radius 1 is 1.35 bits per heavy atom. The normalized spacial score (nSPS) is 11.6. The molecular weight excluding hydrogens is 278 g/mol. The van der Waals surface area contributed by atoms with Crippen LogP contribution in [0.25, 0.3) is 11.0 Å². The third-order valence-electron chi connectivity index (χ3n) is 2.81. The highest BCUT2D eigenvalue weighted by molar-refractivity contribution is 9.10. The van der Waals surface area contributed by atoms with E-state index in [4.69, 9.17) is 4.42 Å². The molecule has 3 heteroatoms. The smallest absolute Gasteiger partial charge is 0.138 e. The maximum absolute atomic E-state index is 5.65. The van der Waals surface area contributed by atoms with Gasteiger partial charge in [0.2, 0.25) is 0 Å². The van der Waals surface area contributed by atoms with Crippen molar-refractivity contribution >= 4 is 26.9 Å². The lowest BCUT2D eigenvalue weighted by molar-refractivity contribution is 0.546. The summed E-state index contributed by atoms with van der Waals surface area (Å²) in [5.41, 5.74) is 3.38. The second-order valence-corrected chi connectivity index (χ2v) is 5.71. The van der Waals surface area contributed by atoms with E-state index in [2.05, 4.69) is 54.2 Å². The molecule has 0 spiro atoms. The molecule has 92 valence electrons. The van der Waals surface area contributed by atoms with Crippen LogP contribution >= 0.6 is 15.9 Å². The number of nitrogens with one attached hydrogen (secondary N) is 1. The third-order valence-corrected chi connectivity index (χ3v) is 3.47. The predicted molar refractivity (Wildman–Crippen MR) is 75.2 cm³/mol. The maximum Gasteiger partial charge on any atom is 0.138 e. The Kier molecular flexibility index (Phi) is 3.89. The number of halogens is 1. The maximum atomic E-state index is 5.65. The van der Waals surface area contributed by atoms with E-state index in [1.54, 1.807) is 0 Å². The fourth-order valence-corrected chi connectivity index (χ4v) is 2.50. The van der Waals surface area contributed by atoms with Crippen molar-refractivity contribution in [1.29, 1.82) is 0 Å². The van der Waals surface area contributed by atoms with Crippen LogP contribution in [-0.2, 0) is 6.54 Å². The first-order valence-corrected chi connectivity index (χ1v) is 6.74. The highest BCUT2D eigenvalue weighted by Crippen LogP contribution is 2.31. The molecule has 0 amide bonds. The fraction of sp³-hybridized carbons (Fsp3) is 0.429. The Morgan fingerprint density at radius 2 is 2.12 bits per heavy atom. The molecule has 2 aromatic rings. The minimum Gasteiger partial charge on any atom is -0.464 e. The minimum atomic E-state index is 0.665. The standard InChI is InChI=1S/C14H18BrNO/c1-9(2)6-16-7-11-8-17-14-10(3)4-5-12(15)13(11)14/h4-5,8-9,16H,6-7H2,1-3H3. The van der Waals surface area contributed by atoms with Gasteiger partial charge in [0.25, 0.3) is 0 Å². The molecule has 0 aliphatic heterocycles. The topological polar surface area (TPSA) is 25.2 Å². The minimum absolute atomic E-state index is 0.665. The average Bonchev–Trinajstić information content (AvgIpc) is 2.68. The summed E-state index contributed by atoms with van der Waals surface area (Å²) >= 11 is 3.59. The first-order valence-electron chi connectivity index (χ1n) is 5.95. The lowest BCUT2D eigenvalue weighted by Crippen LogP contribution is -2.18. The van der Waals surface area contributed by atoms with Crippen molar-refractivity contribution in [3.63, 3.8) is 0 Å². The van der Waals surface area contributed by atoms with Crippen molar-refractivity contribution in [3.8, 4) is 0 Å². The molecule has 0 saturated heterocycles. The van der Waals surface area contributed by atoms with Gasteiger partial charge in [-0.2, -0.15) is 0 Å². The van der Waals surface area contributed by atoms with Gasteiger partial charge < -0.3 is 9.73 Å². The second kappa shape index (κ2) is 5.23. The van der Waals surface area contributed by atoms with E-state index in [1.165, 1.54) is 16.5 Å². The Morgan fingerprint density at radius 3 is 2.82 bits per heavy atom. The Labute approximate surface area is 111 Å². The first kappa shape index (κ1) is 12.7. The number of rotatable bonds is 4. The quantitative estimate of drug-likeness (QED) is 0.912. The van der Waals surface area contributed by atoms with Gasteiger partial charge in [0.15, 0.2) is 0 Å². The first-order chi connectivity index (χ1) is 8.09. The van der Waals surface area contributed by atoms with Crippen LogP contribution in [0.2, 0.25) is 0 Å². The summed E-state index contributed by atoms with van der Waals surface area (Å²) in [4.78, 5) is 0. The monoisotopic (exact) mass is 295 g/mol. The number of furan rings is 1. The van der Waals surface area contributed by atoms with Gasteiger partial charge >= 0.3 is 0 Å². The zero-order chi connectivity index (χ0) is 12.4. The lowest BCUT2D eigenvalue weighted by Gasteiger charge is -2.06. The van der Waals surface area contributed by atoms with Crippen LogP contribution in [0.5, 0.6) is 0 Å². The highest BCUT2D eigenvalue weighted by atomic mass is 79.9. The molecule has 0 aliphatic rings. The van der Waals surface area contributed by atoms with E-state index in [1.807, 2.05) is 6.26 Å². The molecule has 2 rings (SSSR count). The van der Waals surface area contributed by atoms with Gasteiger partial charge in [0.1, 0.15) is 5.58 Å². The van der Waals surface area contributed by atoms with Gasteiger partial charge in [-0.3, -0.25) is 0 Å². The van der Waals surface area contributed by atoms with Gasteiger partial charge in [-0.15, -0.1) is 0 Å². The van der Waals surface area contributed by atoms with Gasteiger partial charge in [0, 0.05) is 22.0 Å². The number of hydrogen-bond acceptors (Lipinski definition) is 2. The summed E-state index contributed by atoms with van der Waals surface area (Å²) in [5, 5.41) is 4.64. The molecule has 1 aromatic heterocycles. The van der Waals surface area contributed by atoms with Gasteiger partial charge in [-0.05, 0) is 31.0 Å². The number of benzene rings is 1. The average molecular weight is 296 g/mol. The summed E-state index contributed by atoms with van der Waals surface area (Å²) in [6, 6.07) is 4.15. The summed E-state index contributed by atoms with van der Waals surface area (Å²) in [7, 11) is 0. The largest absolute Gasteiger partial charge is 0.464 e. The Bertz CT molecular complexity index is 516. The van der Waals surface area contributed by atoms with E-state index in [0.717, 1.165) is 23.1 Å². The van der Waals surface area contributed by atoms with Crippen LogP contribution in [0.15, 0.2) is 27.3 Å². The van der Waals surface area contributed by atoms with E-state index in [0.29, 0.717) is 5.92 Å². The Hall–Kier alpha value is -0.800. The van der Waals surface area contributed by atoms with Crippen molar-refractivity contribution in [3.05, 3.63) is 34.0 Å². The molecule has 0 radical (unpaired) electrons. The van der Waals surface area contributed by atoms with Gasteiger partial charge in [-0.25, -0.2) is 0 Å². The predicted octanol–water partition coefficient (Wildman–Crippen LogP) is 4.25. The van der Waals surface area contributed by atoms with Gasteiger partial charge in [0.05, 0.1) is 6.26 Å². The molecule has 2 nitrogen and oxygen atoms in total. The van der Waals surface area contributed by atoms with Crippen LogP contribution in [0.1, 0.15) is 25.0 Å². The number of hydrogen-bond donors (Lipinski definition) is 1. The molecule has 1 heterocycles. The lowest BCUT2D eigenvalue weighted by atomic mass is 10.1. The molecule has 0 fully saturated rings. The van der Waals surface area contributed by atoms with Crippen molar-refractivity contribution in [2.24, 2.45) is 5.92 Å². The summed E-state index contributed by atoms with van der Waals surface area (Å²) < 4.78 is 6.75. The van der Waals surface area contributed by atoms with Crippen molar-refractivity contribution in [2.45, 2.75) is 27.3 Å².